The molecule has 0 saturated heterocycles. The smallest absolute Gasteiger partial charge is 0.212 e. The highest BCUT2D eigenvalue weighted by Crippen LogP contribution is 2.30. The third kappa shape index (κ3) is 2.44. The molecule has 0 spiro atoms. The van der Waals surface area contributed by atoms with Crippen LogP contribution in [0.2, 0.25) is 0 Å². The highest BCUT2D eigenvalue weighted by molar-refractivity contribution is 9.09. The van der Waals surface area contributed by atoms with Crippen LogP contribution < -0.4 is 0 Å². The molecule has 1 fully saturated rings. The van der Waals surface area contributed by atoms with E-state index in [1.807, 2.05) is 0 Å². The fraction of sp³-hybridized carbons (Fsp3) is 1.00. The maximum atomic E-state index is 11.5. The van der Waals surface area contributed by atoms with Gasteiger partial charge in [-0.1, -0.05) is 15.9 Å². The first kappa shape index (κ1) is 10.5. The van der Waals surface area contributed by atoms with Crippen LogP contribution in [0.3, 0.4) is 0 Å². The van der Waals surface area contributed by atoms with Crippen LogP contribution in [-0.4, -0.2) is 36.9 Å². The van der Waals surface area contributed by atoms with Gasteiger partial charge in [-0.15, -0.1) is 0 Å². The van der Waals surface area contributed by atoms with Crippen molar-refractivity contribution in [2.45, 2.75) is 24.5 Å². The van der Waals surface area contributed by atoms with E-state index in [1.54, 1.807) is 7.05 Å². The van der Waals surface area contributed by atoms with Gasteiger partial charge in [0.05, 0.1) is 5.25 Å². The summed E-state index contributed by atoms with van der Waals surface area (Å²) in [6.07, 6.45) is 2.57. The highest BCUT2D eigenvalue weighted by Gasteiger charge is 2.38. The first-order valence-corrected chi connectivity index (χ1v) is 6.72. The Labute approximate surface area is 82.3 Å². The fourth-order valence-corrected chi connectivity index (χ4v) is 2.91. The van der Waals surface area contributed by atoms with Crippen LogP contribution in [-0.2, 0) is 10.0 Å². The minimum absolute atomic E-state index is 0.0715. The molecule has 12 heavy (non-hydrogen) atoms. The molecule has 0 atom stereocenters. The normalized spacial score (nSPS) is 18.6. The Kier molecular flexibility index (Phi) is 3.55. The number of rotatable bonds is 5. The molecule has 0 aliphatic heterocycles. The summed E-state index contributed by atoms with van der Waals surface area (Å²) < 4.78 is 24.5. The summed E-state index contributed by atoms with van der Waals surface area (Å²) in [6, 6.07) is 0. The molecular weight excluding hydrogens is 242 g/mol. The first-order valence-electron chi connectivity index (χ1n) is 4.10. The Balaban J connectivity index is 2.44. The highest BCUT2D eigenvalue weighted by atomic mass is 79.9. The molecule has 72 valence electrons. The van der Waals surface area contributed by atoms with Crippen LogP contribution in [0.5, 0.6) is 0 Å². The summed E-state index contributed by atoms with van der Waals surface area (Å²) in [5, 5.41) is 0.787. The molecular formula is C7H14BrNO2S. The van der Waals surface area contributed by atoms with Gasteiger partial charge in [-0.3, -0.25) is 0 Å². The second-order valence-corrected chi connectivity index (χ2v) is 6.22. The van der Waals surface area contributed by atoms with Gasteiger partial charge >= 0.3 is 0 Å². The van der Waals surface area contributed by atoms with Crippen molar-refractivity contribution < 1.29 is 8.42 Å². The van der Waals surface area contributed by atoms with Crippen LogP contribution in [0.4, 0.5) is 0 Å². The maximum absolute atomic E-state index is 11.5. The number of hydrogen-bond acceptors (Lipinski definition) is 2. The SMILES string of the molecule is CN(CCCBr)S(=O)(=O)C1CC1. The standard InChI is InChI=1S/C7H14BrNO2S/c1-9(6-2-5-8)12(10,11)7-3-4-7/h7H,2-6H2,1H3. The van der Waals surface area contributed by atoms with Gasteiger partial charge in [-0.05, 0) is 19.3 Å². The third-order valence-corrected chi connectivity index (χ3v) is 4.91. The summed E-state index contributed by atoms with van der Waals surface area (Å²) >= 11 is 3.28. The monoisotopic (exact) mass is 255 g/mol. The lowest BCUT2D eigenvalue weighted by molar-refractivity contribution is 0.469. The van der Waals surface area contributed by atoms with Crippen LogP contribution >= 0.6 is 15.9 Å². The Hall–Kier alpha value is 0.390. The van der Waals surface area contributed by atoms with E-state index in [0.29, 0.717) is 6.54 Å². The van der Waals surface area contributed by atoms with E-state index in [4.69, 9.17) is 0 Å². The van der Waals surface area contributed by atoms with Crippen molar-refractivity contribution in [3.63, 3.8) is 0 Å². The number of halogens is 1. The van der Waals surface area contributed by atoms with E-state index in [9.17, 15) is 8.42 Å². The zero-order valence-electron chi connectivity index (χ0n) is 7.16. The average molecular weight is 256 g/mol. The van der Waals surface area contributed by atoms with Crippen molar-refractivity contribution in [3.8, 4) is 0 Å². The van der Waals surface area contributed by atoms with Crippen LogP contribution in [0, 0.1) is 0 Å². The van der Waals surface area contributed by atoms with Crippen LogP contribution in [0.25, 0.3) is 0 Å². The zero-order valence-corrected chi connectivity index (χ0v) is 9.57. The quantitative estimate of drug-likeness (QED) is 0.693. The largest absolute Gasteiger partial charge is 0.216 e. The van der Waals surface area contributed by atoms with Gasteiger partial charge in [0.2, 0.25) is 10.0 Å². The molecule has 0 unspecified atom stereocenters. The number of sulfonamides is 1. The predicted molar refractivity (Wildman–Crippen MR) is 53.0 cm³/mol. The van der Waals surface area contributed by atoms with E-state index in [1.165, 1.54) is 4.31 Å². The first-order chi connectivity index (χ1) is 5.59. The van der Waals surface area contributed by atoms with E-state index in [0.717, 1.165) is 24.6 Å². The summed E-state index contributed by atoms with van der Waals surface area (Å²) in [5.41, 5.74) is 0. The van der Waals surface area contributed by atoms with Crippen molar-refractivity contribution in [1.29, 1.82) is 0 Å². The zero-order chi connectivity index (χ0) is 9.19. The second-order valence-electron chi connectivity index (χ2n) is 3.11. The Morgan fingerprint density at radius 1 is 1.50 bits per heavy atom. The lowest BCUT2D eigenvalue weighted by atomic mass is 10.5. The third-order valence-electron chi connectivity index (χ3n) is 1.99. The average Bonchev–Trinajstić information content (AvgIpc) is 2.81. The van der Waals surface area contributed by atoms with Crippen LogP contribution in [0.1, 0.15) is 19.3 Å². The van der Waals surface area contributed by atoms with Gasteiger partial charge in [0, 0.05) is 18.9 Å². The summed E-state index contributed by atoms with van der Waals surface area (Å²) in [4.78, 5) is 0. The molecule has 0 amide bonds. The molecule has 0 heterocycles. The number of nitrogens with zero attached hydrogens (tertiary/aromatic N) is 1. The Bertz CT molecular complexity index is 236. The number of hydrogen-bond donors (Lipinski definition) is 0. The molecule has 0 N–H and O–H groups in total. The van der Waals surface area contributed by atoms with Gasteiger partial charge < -0.3 is 0 Å². The van der Waals surface area contributed by atoms with Crippen molar-refractivity contribution in [3.05, 3.63) is 0 Å². The molecule has 5 heteroatoms. The molecule has 0 aromatic rings. The van der Waals surface area contributed by atoms with E-state index in [-0.39, 0.29) is 5.25 Å². The molecule has 0 bridgehead atoms. The number of alkyl halides is 1. The minimum Gasteiger partial charge on any atom is -0.212 e. The molecule has 1 rings (SSSR count). The molecule has 1 aliphatic rings. The lowest BCUT2D eigenvalue weighted by Gasteiger charge is -2.15. The Morgan fingerprint density at radius 2 is 2.08 bits per heavy atom. The summed E-state index contributed by atoms with van der Waals surface area (Å²) in [6.45, 7) is 0.629. The van der Waals surface area contributed by atoms with Crippen LogP contribution in [0.15, 0.2) is 0 Å². The van der Waals surface area contributed by atoms with Crippen molar-refractivity contribution >= 4 is 26.0 Å². The van der Waals surface area contributed by atoms with Gasteiger partial charge in [-0.2, -0.15) is 0 Å². The van der Waals surface area contributed by atoms with Crippen molar-refractivity contribution in [2.24, 2.45) is 0 Å². The fourth-order valence-electron chi connectivity index (χ4n) is 1.03. The van der Waals surface area contributed by atoms with E-state index in [2.05, 4.69) is 15.9 Å². The van der Waals surface area contributed by atoms with E-state index >= 15 is 0 Å². The summed E-state index contributed by atoms with van der Waals surface area (Å²) in [7, 11) is -1.26. The van der Waals surface area contributed by atoms with Crippen molar-refractivity contribution in [1.82, 2.24) is 4.31 Å². The van der Waals surface area contributed by atoms with Gasteiger partial charge in [-0.25, -0.2) is 12.7 Å². The minimum atomic E-state index is -2.93. The van der Waals surface area contributed by atoms with Crippen molar-refractivity contribution in [2.75, 3.05) is 18.9 Å². The lowest BCUT2D eigenvalue weighted by Crippen LogP contribution is -2.31. The van der Waals surface area contributed by atoms with E-state index < -0.39 is 10.0 Å². The predicted octanol–water partition coefficient (Wildman–Crippen LogP) is 1.20. The van der Waals surface area contributed by atoms with Gasteiger partial charge in [0.25, 0.3) is 0 Å². The Morgan fingerprint density at radius 3 is 2.50 bits per heavy atom. The topological polar surface area (TPSA) is 37.4 Å². The molecule has 0 aromatic carbocycles. The maximum Gasteiger partial charge on any atom is 0.216 e. The molecule has 1 aliphatic carbocycles. The molecule has 0 aromatic heterocycles. The van der Waals surface area contributed by atoms with Gasteiger partial charge in [0.1, 0.15) is 0 Å². The van der Waals surface area contributed by atoms with Gasteiger partial charge in [0.15, 0.2) is 0 Å². The molecule has 0 radical (unpaired) electrons. The molecule has 3 nitrogen and oxygen atoms in total. The molecule has 1 saturated carbocycles. The second kappa shape index (κ2) is 4.07. The summed E-state index contributed by atoms with van der Waals surface area (Å²) in [5.74, 6) is 0.